The highest BCUT2D eigenvalue weighted by Crippen LogP contribution is 2.51. The highest BCUT2D eigenvalue weighted by molar-refractivity contribution is 5.92. The molecule has 0 aromatic heterocycles. The lowest BCUT2D eigenvalue weighted by Gasteiger charge is -2.35. The Morgan fingerprint density at radius 1 is 0.875 bits per heavy atom. The van der Waals surface area contributed by atoms with E-state index in [9.17, 15) is 14.4 Å². The van der Waals surface area contributed by atoms with Crippen molar-refractivity contribution in [1.29, 1.82) is 0 Å². The smallest absolute Gasteiger partial charge is 0.243 e. The number of ketones is 1. The number of fused-ring (bicyclic) bond motifs is 1. The van der Waals surface area contributed by atoms with E-state index in [0.717, 1.165) is 49.2 Å². The minimum absolute atomic E-state index is 0.122. The molecule has 170 valence electrons. The number of hydrogen-bond donors (Lipinski definition) is 3. The van der Waals surface area contributed by atoms with Gasteiger partial charge < -0.3 is 20.7 Å². The zero-order valence-electron chi connectivity index (χ0n) is 18.3. The number of Topliss-reactive ketones (excluding diaryl/α,β-unsaturated/α-hetero) is 1. The Morgan fingerprint density at radius 2 is 1.62 bits per heavy atom. The number of benzene rings is 1. The van der Waals surface area contributed by atoms with Crippen LogP contribution in [0.3, 0.4) is 0 Å². The lowest BCUT2D eigenvalue weighted by atomic mass is 9.68. The Morgan fingerprint density at radius 3 is 2.50 bits per heavy atom. The van der Waals surface area contributed by atoms with Gasteiger partial charge in [-0.2, -0.15) is 0 Å². The van der Waals surface area contributed by atoms with Gasteiger partial charge in [0.05, 0.1) is 5.41 Å². The van der Waals surface area contributed by atoms with Crippen LogP contribution in [-0.4, -0.2) is 49.9 Å². The van der Waals surface area contributed by atoms with Crippen LogP contribution in [0.4, 0.5) is 0 Å². The van der Waals surface area contributed by atoms with E-state index >= 15 is 0 Å². The van der Waals surface area contributed by atoms with Gasteiger partial charge in [-0.25, -0.2) is 0 Å². The number of nitrogens with one attached hydrogen (secondary N) is 3. The minimum atomic E-state index is -0.516. The second kappa shape index (κ2) is 10.1. The van der Waals surface area contributed by atoms with Crippen molar-refractivity contribution in [3.63, 3.8) is 0 Å². The van der Waals surface area contributed by atoms with Gasteiger partial charge in [-0.15, -0.1) is 0 Å². The third kappa shape index (κ3) is 5.10. The van der Waals surface area contributed by atoms with Crippen molar-refractivity contribution in [2.45, 2.75) is 50.0 Å². The molecular formula is C25H31N3O4. The van der Waals surface area contributed by atoms with E-state index in [2.05, 4.69) is 16.0 Å². The number of carbonyl (C=O) groups is 3. The first-order valence-electron chi connectivity index (χ1n) is 11.5. The van der Waals surface area contributed by atoms with Crippen LogP contribution in [0.1, 0.15) is 49.7 Å². The highest BCUT2D eigenvalue weighted by atomic mass is 16.5. The second-order valence-corrected chi connectivity index (χ2v) is 8.70. The Balaban J connectivity index is 1.62. The lowest BCUT2D eigenvalue weighted by molar-refractivity contribution is -0.123. The number of hydrogen-bond acceptors (Lipinski definition) is 5. The molecule has 3 N–H and O–H groups in total. The molecule has 0 saturated heterocycles. The molecule has 1 aromatic rings. The van der Waals surface area contributed by atoms with Crippen LogP contribution in [0.5, 0.6) is 5.75 Å². The molecule has 32 heavy (non-hydrogen) atoms. The van der Waals surface area contributed by atoms with E-state index in [0.29, 0.717) is 32.4 Å². The molecule has 2 bridgehead atoms. The third-order valence-electron chi connectivity index (χ3n) is 6.45. The van der Waals surface area contributed by atoms with Crippen molar-refractivity contribution in [2.75, 3.05) is 26.2 Å². The second-order valence-electron chi connectivity index (χ2n) is 8.70. The molecule has 1 spiro atoms. The van der Waals surface area contributed by atoms with Crippen molar-refractivity contribution >= 4 is 23.7 Å². The van der Waals surface area contributed by atoms with Gasteiger partial charge in [0.1, 0.15) is 17.6 Å². The van der Waals surface area contributed by atoms with Gasteiger partial charge in [0.2, 0.25) is 11.8 Å². The highest BCUT2D eigenvalue weighted by Gasteiger charge is 2.50. The summed E-state index contributed by atoms with van der Waals surface area (Å²) in [7, 11) is 0. The van der Waals surface area contributed by atoms with E-state index < -0.39 is 5.41 Å². The van der Waals surface area contributed by atoms with Crippen LogP contribution < -0.4 is 20.7 Å². The first-order chi connectivity index (χ1) is 15.6. The first-order valence-corrected chi connectivity index (χ1v) is 11.5. The number of amides is 2. The summed E-state index contributed by atoms with van der Waals surface area (Å²) in [6.45, 7) is 2.97. The molecule has 3 aliphatic rings. The summed E-state index contributed by atoms with van der Waals surface area (Å²) in [6, 6.07) is 5.81. The SMILES string of the molecule is O=C1CC[C@@]23/C=C/C(=O)NCCCCNCCCNC(=O)/C=C/c4ccc(c2c4)OC3C1. The maximum atomic E-state index is 12.5. The maximum Gasteiger partial charge on any atom is 0.243 e. The molecule has 4 rings (SSSR count). The topological polar surface area (TPSA) is 96.5 Å². The van der Waals surface area contributed by atoms with Crippen molar-refractivity contribution < 1.29 is 19.1 Å². The molecule has 1 unspecified atom stereocenters. The monoisotopic (exact) mass is 437 g/mol. The molecule has 2 heterocycles. The summed E-state index contributed by atoms with van der Waals surface area (Å²) in [6.07, 6.45) is 10.7. The molecule has 2 atom stereocenters. The summed E-state index contributed by atoms with van der Waals surface area (Å²) in [4.78, 5) is 36.8. The van der Waals surface area contributed by atoms with Crippen molar-refractivity contribution in [2.24, 2.45) is 0 Å². The Labute approximate surface area is 188 Å². The Bertz CT molecular complexity index is 939. The van der Waals surface area contributed by atoms with Crippen LogP contribution in [0.25, 0.3) is 6.08 Å². The van der Waals surface area contributed by atoms with E-state index in [-0.39, 0.29) is 23.7 Å². The van der Waals surface area contributed by atoms with Gasteiger partial charge in [-0.05, 0) is 68.6 Å². The average Bonchev–Trinajstić information content (AvgIpc) is 3.10. The van der Waals surface area contributed by atoms with Crippen LogP contribution in [0.15, 0.2) is 36.4 Å². The molecule has 2 aliphatic heterocycles. The summed E-state index contributed by atoms with van der Waals surface area (Å²) in [5.74, 6) is 0.677. The third-order valence-corrected chi connectivity index (χ3v) is 6.45. The van der Waals surface area contributed by atoms with Crippen LogP contribution >= 0.6 is 0 Å². The first kappa shape index (κ1) is 22.3. The maximum absolute atomic E-state index is 12.5. The lowest BCUT2D eigenvalue weighted by Crippen LogP contribution is -2.42. The fourth-order valence-corrected chi connectivity index (χ4v) is 4.66. The van der Waals surface area contributed by atoms with Gasteiger partial charge >= 0.3 is 0 Å². The Kier molecular flexibility index (Phi) is 7.05. The predicted octanol–water partition coefficient (Wildman–Crippen LogP) is 2.01. The molecule has 1 saturated carbocycles. The molecule has 7 nitrogen and oxygen atoms in total. The van der Waals surface area contributed by atoms with E-state index in [4.69, 9.17) is 4.74 Å². The fourth-order valence-electron chi connectivity index (χ4n) is 4.66. The molecule has 7 heteroatoms. The van der Waals surface area contributed by atoms with E-state index in [1.165, 1.54) is 0 Å². The molecule has 0 radical (unpaired) electrons. The average molecular weight is 438 g/mol. The van der Waals surface area contributed by atoms with E-state index in [1.54, 1.807) is 18.2 Å². The summed E-state index contributed by atoms with van der Waals surface area (Å²) in [5, 5.41) is 9.23. The van der Waals surface area contributed by atoms with E-state index in [1.807, 2.05) is 24.3 Å². The van der Waals surface area contributed by atoms with Crippen LogP contribution in [-0.2, 0) is 19.8 Å². The minimum Gasteiger partial charge on any atom is -0.488 e. The molecule has 1 fully saturated rings. The molecule has 1 aliphatic carbocycles. The molecular weight excluding hydrogens is 406 g/mol. The summed E-state index contributed by atoms with van der Waals surface area (Å²) in [5.41, 5.74) is 1.34. The van der Waals surface area contributed by atoms with Crippen molar-refractivity contribution in [3.8, 4) is 5.75 Å². The predicted molar refractivity (Wildman–Crippen MR) is 122 cm³/mol. The zero-order valence-corrected chi connectivity index (χ0v) is 18.3. The molecule has 2 amide bonds. The zero-order chi connectivity index (χ0) is 22.4. The van der Waals surface area contributed by atoms with Gasteiger partial charge in [-0.1, -0.05) is 12.1 Å². The Hall–Kier alpha value is -2.93. The molecule has 1 aromatic carbocycles. The normalized spacial score (nSPS) is 29.1. The van der Waals surface area contributed by atoms with Crippen LogP contribution in [0.2, 0.25) is 0 Å². The van der Waals surface area contributed by atoms with Crippen molar-refractivity contribution in [3.05, 3.63) is 47.6 Å². The largest absolute Gasteiger partial charge is 0.488 e. The number of ether oxygens (including phenoxy) is 1. The number of carbonyl (C=O) groups excluding carboxylic acids is 3. The van der Waals surface area contributed by atoms with Crippen molar-refractivity contribution in [1.82, 2.24) is 16.0 Å². The van der Waals surface area contributed by atoms with Crippen LogP contribution in [0, 0.1) is 0 Å². The number of rotatable bonds is 0. The van der Waals surface area contributed by atoms with Gasteiger partial charge in [-0.3, -0.25) is 14.4 Å². The summed E-state index contributed by atoms with van der Waals surface area (Å²) >= 11 is 0. The standard InChI is InChI=1S/C25H31N3O4/c29-19-8-10-25-11-9-24(31)27-14-2-1-12-26-13-3-15-28-23(30)7-5-18-4-6-21(20(25)16-18)32-22(25)17-19/h4-7,9,11,16,22,26H,1-3,8,10,12-15,17H2,(H,27,31)(H,28,30)/b7-5+,11-9+/t22?,25-/m1/s1. The fraction of sp³-hybridized carbons (Fsp3) is 0.480. The summed E-state index contributed by atoms with van der Waals surface area (Å²) < 4.78 is 6.16. The quantitative estimate of drug-likeness (QED) is 0.577. The van der Waals surface area contributed by atoms with Gasteiger partial charge in [0, 0.05) is 37.6 Å². The van der Waals surface area contributed by atoms with Gasteiger partial charge in [0.15, 0.2) is 0 Å². The van der Waals surface area contributed by atoms with Gasteiger partial charge in [0.25, 0.3) is 0 Å².